The SMILES string of the molecule is O=C(NNC(=O)[C@H]1CC(=O)N(c2ccc(F)cc2F)C1)c1cc2c(s1)CCCCC2. The summed E-state index contributed by atoms with van der Waals surface area (Å²) < 4.78 is 27.1. The van der Waals surface area contributed by atoms with Gasteiger partial charge in [0.15, 0.2) is 0 Å². The highest BCUT2D eigenvalue weighted by Gasteiger charge is 2.36. The van der Waals surface area contributed by atoms with Crippen LogP contribution in [-0.2, 0) is 22.4 Å². The number of halogens is 2. The van der Waals surface area contributed by atoms with Gasteiger partial charge in [0.25, 0.3) is 5.91 Å². The zero-order valence-electron chi connectivity index (χ0n) is 16.2. The summed E-state index contributed by atoms with van der Waals surface area (Å²) in [7, 11) is 0. The van der Waals surface area contributed by atoms with E-state index in [9.17, 15) is 23.2 Å². The Labute approximate surface area is 176 Å². The van der Waals surface area contributed by atoms with Crippen LogP contribution < -0.4 is 15.8 Å². The van der Waals surface area contributed by atoms with Crippen LogP contribution in [0.3, 0.4) is 0 Å². The van der Waals surface area contributed by atoms with Crippen molar-refractivity contribution in [3.63, 3.8) is 0 Å². The Morgan fingerprint density at radius 3 is 2.67 bits per heavy atom. The van der Waals surface area contributed by atoms with E-state index >= 15 is 0 Å². The van der Waals surface area contributed by atoms with Crippen molar-refractivity contribution < 1.29 is 23.2 Å². The normalized spacial score (nSPS) is 18.7. The maximum atomic E-state index is 14.0. The minimum Gasteiger partial charge on any atom is -0.309 e. The van der Waals surface area contributed by atoms with Gasteiger partial charge >= 0.3 is 0 Å². The number of nitrogens with one attached hydrogen (secondary N) is 2. The minimum atomic E-state index is -0.866. The Morgan fingerprint density at radius 2 is 1.87 bits per heavy atom. The third-order valence-corrected chi connectivity index (χ3v) is 6.70. The average Bonchev–Trinajstić information content (AvgIpc) is 3.23. The van der Waals surface area contributed by atoms with Crippen LogP contribution in [0.25, 0.3) is 0 Å². The predicted molar refractivity (Wildman–Crippen MR) is 108 cm³/mol. The zero-order chi connectivity index (χ0) is 21.3. The fraction of sp³-hybridized carbons (Fsp3) is 0.381. The van der Waals surface area contributed by atoms with E-state index < -0.39 is 35.3 Å². The quantitative estimate of drug-likeness (QED) is 0.577. The Balaban J connectivity index is 1.35. The molecule has 1 aliphatic heterocycles. The topological polar surface area (TPSA) is 78.5 Å². The first-order valence-electron chi connectivity index (χ1n) is 9.89. The summed E-state index contributed by atoms with van der Waals surface area (Å²) in [5.74, 6) is -3.72. The molecule has 0 saturated carbocycles. The summed E-state index contributed by atoms with van der Waals surface area (Å²) in [6.07, 6.45) is 5.24. The molecular formula is C21H21F2N3O3S. The monoisotopic (exact) mass is 433 g/mol. The molecule has 1 aromatic heterocycles. The zero-order valence-corrected chi connectivity index (χ0v) is 17.0. The third-order valence-electron chi connectivity index (χ3n) is 5.47. The molecule has 1 aromatic carbocycles. The summed E-state index contributed by atoms with van der Waals surface area (Å²) in [4.78, 5) is 40.0. The number of rotatable bonds is 3. The second kappa shape index (κ2) is 8.51. The van der Waals surface area contributed by atoms with Crippen LogP contribution in [0.4, 0.5) is 14.5 Å². The standard InChI is InChI=1S/C21H21F2N3O3S/c22-14-6-7-16(15(23)10-14)26-11-13(9-19(26)27)20(28)24-25-21(29)18-8-12-4-2-1-3-5-17(12)30-18/h6-8,10,13H,1-5,9,11H2,(H,24,28)(H,25,29)/t13-/m0/s1. The minimum absolute atomic E-state index is 0.0453. The lowest BCUT2D eigenvalue weighted by molar-refractivity contribution is -0.126. The van der Waals surface area contributed by atoms with Crippen LogP contribution in [0.2, 0.25) is 0 Å². The van der Waals surface area contributed by atoms with E-state index in [4.69, 9.17) is 0 Å². The number of hydrazine groups is 1. The van der Waals surface area contributed by atoms with Crippen LogP contribution in [0.15, 0.2) is 24.3 Å². The summed E-state index contributed by atoms with van der Waals surface area (Å²) in [6.45, 7) is -0.0453. The van der Waals surface area contributed by atoms with Gasteiger partial charge in [-0.2, -0.15) is 0 Å². The summed E-state index contributed by atoms with van der Waals surface area (Å²) >= 11 is 1.44. The van der Waals surface area contributed by atoms with E-state index in [-0.39, 0.29) is 18.7 Å². The second-order valence-electron chi connectivity index (χ2n) is 7.56. The Morgan fingerprint density at radius 1 is 1.07 bits per heavy atom. The number of hydrogen-bond donors (Lipinski definition) is 2. The molecule has 9 heteroatoms. The number of anilines is 1. The Bertz CT molecular complexity index is 984. The third kappa shape index (κ3) is 4.21. The molecule has 2 N–H and O–H groups in total. The van der Waals surface area contributed by atoms with Crippen LogP contribution in [0.1, 0.15) is 45.8 Å². The van der Waals surface area contributed by atoms with Gasteiger partial charge < -0.3 is 4.90 Å². The number of benzene rings is 1. The lowest BCUT2D eigenvalue weighted by Gasteiger charge is -2.17. The number of aryl methyl sites for hydroxylation is 2. The molecule has 1 saturated heterocycles. The molecule has 2 heterocycles. The van der Waals surface area contributed by atoms with Crippen LogP contribution >= 0.6 is 11.3 Å². The predicted octanol–water partition coefficient (Wildman–Crippen LogP) is 3.11. The largest absolute Gasteiger partial charge is 0.309 e. The van der Waals surface area contributed by atoms with E-state index in [0.29, 0.717) is 10.9 Å². The molecule has 3 amide bonds. The van der Waals surface area contributed by atoms with E-state index in [1.54, 1.807) is 0 Å². The average molecular weight is 433 g/mol. The van der Waals surface area contributed by atoms with Gasteiger partial charge in [0.2, 0.25) is 11.8 Å². The number of carbonyl (C=O) groups excluding carboxylic acids is 3. The summed E-state index contributed by atoms with van der Waals surface area (Å²) in [6, 6.07) is 4.80. The molecule has 1 fully saturated rings. The fourth-order valence-electron chi connectivity index (χ4n) is 3.88. The number of fused-ring (bicyclic) bond motifs is 1. The van der Waals surface area contributed by atoms with Crippen molar-refractivity contribution in [1.29, 1.82) is 0 Å². The second-order valence-corrected chi connectivity index (χ2v) is 8.70. The van der Waals surface area contributed by atoms with E-state index in [1.165, 1.54) is 34.3 Å². The van der Waals surface area contributed by atoms with Crippen molar-refractivity contribution in [2.75, 3.05) is 11.4 Å². The Hall–Kier alpha value is -2.81. The fourth-order valence-corrected chi connectivity index (χ4v) is 5.03. The first kappa shape index (κ1) is 20.5. The van der Waals surface area contributed by atoms with Crippen LogP contribution in [0.5, 0.6) is 0 Å². The van der Waals surface area contributed by atoms with Crippen LogP contribution in [-0.4, -0.2) is 24.3 Å². The number of carbonyl (C=O) groups is 3. The van der Waals surface area contributed by atoms with Crippen molar-refractivity contribution in [1.82, 2.24) is 10.9 Å². The van der Waals surface area contributed by atoms with Gasteiger partial charge in [0.1, 0.15) is 11.6 Å². The van der Waals surface area contributed by atoms with Crippen molar-refractivity contribution in [3.8, 4) is 0 Å². The van der Waals surface area contributed by atoms with Crippen molar-refractivity contribution >= 4 is 34.7 Å². The van der Waals surface area contributed by atoms with Gasteiger partial charge in [-0.15, -0.1) is 11.3 Å². The van der Waals surface area contributed by atoms with E-state index in [0.717, 1.165) is 36.6 Å². The van der Waals surface area contributed by atoms with Gasteiger partial charge in [-0.05, 0) is 49.4 Å². The lowest BCUT2D eigenvalue weighted by Crippen LogP contribution is -2.45. The van der Waals surface area contributed by atoms with Crippen molar-refractivity contribution in [2.24, 2.45) is 5.92 Å². The van der Waals surface area contributed by atoms with Crippen LogP contribution in [0, 0.1) is 17.6 Å². The van der Waals surface area contributed by atoms with Gasteiger partial charge in [0, 0.05) is 23.9 Å². The molecule has 1 atom stereocenters. The number of thiophene rings is 1. The first-order chi connectivity index (χ1) is 14.4. The summed E-state index contributed by atoms with van der Waals surface area (Å²) in [5, 5.41) is 0. The summed E-state index contributed by atoms with van der Waals surface area (Å²) in [5.41, 5.74) is 5.91. The molecule has 2 aliphatic rings. The van der Waals surface area contributed by atoms with Crippen molar-refractivity contribution in [2.45, 2.75) is 38.5 Å². The molecule has 0 unspecified atom stereocenters. The highest BCUT2D eigenvalue weighted by atomic mass is 32.1. The van der Waals surface area contributed by atoms with Gasteiger partial charge in [-0.25, -0.2) is 8.78 Å². The number of hydrogen-bond acceptors (Lipinski definition) is 4. The molecule has 2 aromatic rings. The first-order valence-corrected chi connectivity index (χ1v) is 10.7. The number of amides is 3. The molecule has 1 aliphatic carbocycles. The van der Waals surface area contributed by atoms with E-state index in [2.05, 4.69) is 10.9 Å². The molecule has 158 valence electrons. The molecule has 0 spiro atoms. The number of nitrogens with zero attached hydrogens (tertiary/aromatic N) is 1. The highest BCUT2D eigenvalue weighted by molar-refractivity contribution is 7.14. The van der Waals surface area contributed by atoms with Crippen molar-refractivity contribution in [3.05, 3.63) is 51.2 Å². The molecule has 0 bridgehead atoms. The Kier molecular flexibility index (Phi) is 5.80. The maximum Gasteiger partial charge on any atom is 0.279 e. The highest BCUT2D eigenvalue weighted by Crippen LogP contribution is 2.29. The molecule has 30 heavy (non-hydrogen) atoms. The van der Waals surface area contributed by atoms with Gasteiger partial charge in [-0.1, -0.05) is 6.42 Å². The van der Waals surface area contributed by atoms with E-state index in [1.807, 2.05) is 6.07 Å². The molecular weight excluding hydrogens is 412 g/mol. The lowest BCUT2D eigenvalue weighted by atomic mass is 10.1. The van der Waals surface area contributed by atoms with Gasteiger partial charge in [-0.3, -0.25) is 25.2 Å². The van der Waals surface area contributed by atoms with Gasteiger partial charge in [0.05, 0.1) is 16.5 Å². The molecule has 4 rings (SSSR count). The maximum absolute atomic E-state index is 14.0. The smallest absolute Gasteiger partial charge is 0.279 e. The molecule has 0 radical (unpaired) electrons. The molecule has 6 nitrogen and oxygen atoms in total.